The fraction of sp³-hybridized carbons (Fsp3) is 0.692. The Labute approximate surface area is 197 Å². The van der Waals surface area contributed by atoms with Gasteiger partial charge in [-0.15, -0.1) is 0 Å². The third kappa shape index (κ3) is 4.07. The Balaban J connectivity index is 1.86. The summed E-state index contributed by atoms with van der Waals surface area (Å²) in [5.41, 5.74) is 1.05. The van der Waals surface area contributed by atoms with E-state index in [0.29, 0.717) is 10.9 Å². The maximum Gasteiger partial charge on any atom is 0.239 e. The molecule has 2 heterocycles. The fourth-order valence-electron chi connectivity index (χ4n) is 6.49. The third-order valence-electron chi connectivity index (χ3n) is 7.80. The minimum Gasteiger partial charge on any atom is -0.347 e. The monoisotopic (exact) mass is 459 g/mol. The van der Waals surface area contributed by atoms with Crippen LogP contribution in [0.4, 0.5) is 5.69 Å². The summed E-state index contributed by atoms with van der Waals surface area (Å²) >= 11 is 6.29. The molecule has 0 radical (unpaired) electrons. The van der Waals surface area contributed by atoms with E-state index in [2.05, 4.69) is 31.4 Å². The number of benzene rings is 1. The van der Waals surface area contributed by atoms with Crippen LogP contribution in [0.2, 0.25) is 5.02 Å². The van der Waals surface area contributed by atoms with E-state index in [1.807, 2.05) is 32.3 Å². The van der Waals surface area contributed by atoms with Crippen molar-refractivity contribution in [2.75, 3.05) is 19.4 Å². The van der Waals surface area contributed by atoms with E-state index >= 15 is 0 Å². The van der Waals surface area contributed by atoms with Crippen molar-refractivity contribution < 1.29 is 9.59 Å². The van der Waals surface area contributed by atoms with Crippen LogP contribution in [0.25, 0.3) is 0 Å². The highest BCUT2D eigenvalue weighted by molar-refractivity contribution is 6.31. The van der Waals surface area contributed by atoms with Crippen LogP contribution < -0.4 is 10.6 Å². The van der Waals surface area contributed by atoms with Crippen LogP contribution in [0, 0.1) is 17.3 Å². The number of carbonyl (C=O) groups excluding carboxylic acids is 2. The van der Waals surface area contributed by atoms with Crippen molar-refractivity contribution in [3.63, 3.8) is 0 Å². The Morgan fingerprint density at radius 2 is 1.88 bits per heavy atom. The first-order valence-electron chi connectivity index (χ1n) is 12.1. The lowest BCUT2D eigenvalue weighted by Crippen LogP contribution is -2.50. The molecule has 1 saturated heterocycles. The molecular weight excluding hydrogens is 422 g/mol. The lowest BCUT2D eigenvalue weighted by molar-refractivity contribution is -0.132. The Bertz CT molecular complexity index is 888. The molecule has 1 spiro atoms. The van der Waals surface area contributed by atoms with Gasteiger partial charge in [0.15, 0.2) is 0 Å². The van der Waals surface area contributed by atoms with Gasteiger partial charge in [-0.1, -0.05) is 70.5 Å². The molecule has 2 N–H and O–H groups in total. The van der Waals surface area contributed by atoms with Crippen LogP contribution in [0.1, 0.15) is 71.3 Å². The van der Waals surface area contributed by atoms with Crippen LogP contribution in [-0.2, 0) is 15.0 Å². The Morgan fingerprint density at radius 1 is 1.19 bits per heavy atom. The van der Waals surface area contributed by atoms with Gasteiger partial charge in [-0.05, 0) is 41.9 Å². The summed E-state index contributed by atoms with van der Waals surface area (Å²) in [6.07, 6.45) is 7.86. The smallest absolute Gasteiger partial charge is 0.239 e. The number of amides is 2. The van der Waals surface area contributed by atoms with Crippen molar-refractivity contribution in [2.24, 2.45) is 17.3 Å². The normalized spacial score (nSPS) is 30.4. The highest BCUT2D eigenvalue weighted by Gasteiger charge is 2.65. The predicted octanol–water partition coefficient (Wildman–Crippen LogP) is 4.98. The van der Waals surface area contributed by atoms with Gasteiger partial charge in [-0.25, -0.2) is 0 Å². The molecule has 4 rings (SSSR count). The van der Waals surface area contributed by atoms with Gasteiger partial charge in [0.25, 0.3) is 0 Å². The standard InChI is InChI=1S/C26H38ClN3O2/c1-25(2,3)15-21-26(18-12-11-17(27)14-20(18)28-24(26)32)19(13-16-9-7-6-8-10-16)22(29-21)23(31)30(4)5/h11-12,14,16,19,21-22,29H,6-10,13,15H2,1-5H3,(H,28,32)/t19-,21+,22+,26+/m0/s1. The number of hydrogen-bond donors (Lipinski definition) is 2. The van der Waals surface area contributed by atoms with Gasteiger partial charge in [-0.3, -0.25) is 9.59 Å². The number of anilines is 1. The molecule has 4 atom stereocenters. The topological polar surface area (TPSA) is 61.4 Å². The van der Waals surface area contributed by atoms with Crippen molar-refractivity contribution in [2.45, 2.75) is 83.2 Å². The van der Waals surface area contributed by atoms with E-state index in [-0.39, 0.29) is 35.2 Å². The lowest BCUT2D eigenvalue weighted by Gasteiger charge is -2.39. The maximum absolute atomic E-state index is 13.9. The molecule has 1 saturated carbocycles. The van der Waals surface area contributed by atoms with E-state index in [0.717, 1.165) is 24.1 Å². The second-order valence-electron chi connectivity index (χ2n) is 11.6. The summed E-state index contributed by atoms with van der Waals surface area (Å²) in [6, 6.07) is 5.27. The van der Waals surface area contributed by atoms with Crippen LogP contribution in [0.15, 0.2) is 18.2 Å². The van der Waals surface area contributed by atoms with Crippen LogP contribution in [-0.4, -0.2) is 42.9 Å². The molecule has 6 heteroatoms. The van der Waals surface area contributed by atoms with Crippen molar-refractivity contribution in [3.05, 3.63) is 28.8 Å². The van der Waals surface area contributed by atoms with E-state index in [4.69, 9.17) is 11.6 Å². The van der Waals surface area contributed by atoms with Gasteiger partial charge in [-0.2, -0.15) is 0 Å². The van der Waals surface area contributed by atoms with Gasteiger partial charge in [0, 0.05) is 36.8 Å². The van der Waals surface area contributed by atoms with Gasteiger partial charge < -0.3 is 15.5 Å². The van der Waals surface area contributed by atoms with Crippen LogP contribution in [0.5, 0.6) is 0 Å². The van der Waals surface area contributed by atoms with E-state index < -0.39 is 5.41 Å². The number of carbonyl (C=O) groups is 2. The zero-order valence-corrected chi connectivity index (χ0v) is 20.9. The summed E-state index contributed by atoms with van der Waals surface area (Å²) in [7, 11) is 3.63. The number of nitrogens with one attached hydrogen (secondary N) is 2. The van der Waals surface area contributed by atoms with Gasteiger partial charge in [0.2, 0.25) is 11.8 Å². The molecular formula is C26H38ClN3O2. The first-order valence-corrected chi connectivity index (χ1v) is 12.5. The number of rotatable bonds is 4. The minimum atomic E-state index is -0.763. The molecule has 5 nitrogen and oxygen atoms in total. The van der Waals surface area contributed by atoms with Gasteiger partial charge in [0.1, 0.15) is 0 Å². The molecule has 176 valence electrons. The summed E-state index contributed by atoms with van der Waals surface area (Å²) < 4.78 is 0. The minimum absolute atomic E-state index is 0.00552. The Hall–Kier alpha value is -1.59. The largest absolute Gasteiger partial charge is 0.347 e. The van der Waals surface area contributed by atoms with E-state index in [1.165, 1.54) is 32.1 Å². The first-order chi connectivity index (χ1) is 15.0. The highest BCUT2D eigenvalue weighted by atomic mass is 35.5. The van der Waals surface area contributed by atoms with Gasteiger partial charge >= 0.3 is 0 Å². The molecule has 2 fully saturated rings. The number of halogens is 1. The average Bonchev–Trinajstić information content (AvgIpc) is 3.16. The number of likely N-dealkylation sites (N-methyl/N-ethyl adjacent to an activating group) is 1. The predicted molar refractivity (Wildman–Crippen MR) is 130 cm³/mol. The maximum atomic E-state index is 13.9. The summed E-state index contributed by atoms with van der Waals surface area (Å²) in [5.74, 6) is 0.556. The molecule has 2 amide bonds. The van der Waals surface area contributed by atoms with E-state index in [9.17, 15) is 9.59 Å². The average molecular weight is 460 g/mol. The summed E-state index contributed by atoms with van der Waals surface area (Å²) in [5, 5.41) is 7.47. The quantitative estimate of drug-likeness (QED) is 0.667. The Morgan fingerprint density at radius 3 is 2.50 bits per heavy atom. The molecule has 0 unspecified atom stereocenters. The highest BCUT2D eigenvalue weighted by Crippen LogP contribution is 2.55. The zero-order chi connectivity index (χ0) is 23.3. The Kier molecular flexibility index (Phi) is 6.36. The molecule has 2 aliphatic heterocycles. The molecule has 1 aromatic rings. The van der Waals surface area contributed by atoms with Crippen LogP contribution >= 0.6 is 11.6 Å². The molecule has 1 aromatic carbocycles. The number of hydrogen-bond acceptors (Lipinski definition) is 3. The summed E-state index contributed by atoms with van der Waals surface area (Å²) in [4.78, 5) is 29.0. The molecule has 0 aromatic heterocycles. The van der Waals surface area contributed by atoms with Crippen molar-refractivity contribution in [3.8, 4) is 0 Å². The molecule has 3 aliphatic rings. The van der Waals surface area contributed by atoms with E-state index in [1.54, 1.807) is 4.90 Å². The molecule has 1 aliphatic carbocycles. The first kappa shape index (κ1) is 23.6. The molecule has 32 heavy (non-hydrogen) atoms. The molecule has 0 bridgehead atoms. The second kappa shape index (κ2) is 8.64. The zero-order valence-electron chi connectivity index (χ0n) is 20.1. The van der Waals surface area contributed by atoms with Gasteiger partial charge in [0.05, 0.1) is 11.5 Å². The lowest BCUT2D eigenvalue weighted by atomic mass is 9.61. The fourth-order valence-corrected chi connectivity index (χ4v) is 6.66. The van der Waals surface area contributed by atoms with Crippen LogP contribution in [0.3, 0.4) is 0 Å². The van der Waals surface area contributed by atoms with Crippen molar-refractivity contribution in [1.29, 1.82) is 0 Å². The van der Waals surface area contributed by atoms with Crippen molar-refractivity contribution >= 4 is 29.1 Å². The number of fused-ring (bicyclic) bond motifs is 2. The van der Waals surface area contributed by atoms with Crippen molar-refractivity contribution in [1.82, 2.24) is 10.2 Å². The second-order valence-corrected chi connectivity index (χ2v) is 12.0. The summed E-state index contributed by atoms with van der Waals surface area (Å²) in [6.45, 7) is 6.61. The number of nitrogens with zero attached hydrogens (tertiary/aromatic N) is 1. The SMILES string of the molecule is CN(C)C(=O)[C@@H]1N[C@H](CC(C)(C)C)[C@]2(C(=O)Nc3cc(Cl)ccc32)[C@H]1CC1CCCCC1. The third-order valence-corrected chi connectivity index (χ3v) is 8.04.